The normalized spacial score (nSPS) is 11.8. The Kier molecular flexibility index (Phi) is 4.92. The number of aromatic nitrogens is 4. The minimum atomic E-state index is 0.928. The van der Waals surface area contributed by atoms with Gasteiger partial charge < -0.3 is 0 Å². The number of fused-ring (bicyclic) bond motifs is 7. The van der Waals surface area contributed by atoms with E-state index in [1.165, 1.54) is 0 Å². The minimum absolute atomic E-state index is 0.928. The summed E-state index contributed by atoms with van der Waals surface area (Å²) in [6.07, 6.45) is 0. The average molecular weight is 513 g/mol. The summed E-state index contributed by atoms with van der Waals surface area (Å²) in [5.41, 5.74) is 9.77. The van der Waals surface area contributed by atoms with Gasteiger partial charge in [-0.2, -0.15) is 0 Å². The fourth-order valence-corrected chi connectivity index (χ4v) is 5.78. The van der Waals surface area contributed by atoms with Crippen LogP contribution in [0.25, 0.3) is 76.9 Å². The highest BCUT2D eigenvalue weighted by molar-refractivity contribution is 6.08. The van der Waals surface area contributed by atoms with Gasteiger partial charge in [0.15, 0.2) is 0 Å². The van der Waals surface area contributed by atoms with Crippen LogP contribution in [0.15, 0.2) is 109 Å². The van der Waals surface area contributed by atoms with Crippen LogP contribution in [0, 0.1) is 13.8 Å². The molecule has 0 radical (unpaired) electrons. The zero-order chi connectivity index (χ0) is 26.8. The summed E-state index contributed by atoms with van der Waals surface area (Å²) in [5, 5.41) is 6.67. The molecule has 0 N–H and O–H groups in total. The van der Waals surface area contributed by atoms with Gasteiger partial charge in [-0.1, -0.05) is 84.9 Å². The molecule has 0 aliphatic rings. The first-order valence-corrected chi connectivity index (χ1v) is 13.5. The van der Waals surface area contributed by atoms with Crippen molar-refractivity contribution in [2.75, 3.05) is 0 Å². The standard InChI is InChI=1S/C36H24N4/c1-21-7-9-23-11-13-25-15-19-31(39-35(25)33(23)37-21)29-17-18-30(28-6-4-3-5-27(28)29)32-20-16-26-14-12-24-10-8-22(2)38-34(24)36(26)40-32/h3-20H,1-2H3. The molecule has 8 aromatic rings. The predicted octanol–water partition coefficient (Wildman–Crippen LogP) is 8.98. The van der Waals surface area contributed by atoms with Gasteiger partial charge in [-0.3, -0.25) is 9.97 Å². The van der Waals surface area contributed by atoms with E-state index in [-0.39, 0.29) is 0 Å². The number of benzene rings is 4. The largest absolute Gasteiger partial charge is 0.251 e. The molecule has 0 saturated heterocycles. The van der Waals surface area contributed by atoms with Gasteiger partial charge in [-0.15, -0.1) is 0 Å². The average Bonchev–Trinajstić information content (AvgIpc) is 3.00. The fourth-order valence-electron chi connectivity index (χ4n) is 5.78. The van der Waals surface area contributed by atoms with Crippen molar-refractivity contribution in [1.82, 2.24) is 19.9 Å². The van der Waals surface area contributed by atoms with E-state index < -0.39 is 0 Å². The molecule has 4 aromatic carbocycles. The fraction of sp³-hybridized carbons (Fsp3) is 0.0556. The molecule has 0 atom stereocenters. The second kappa shape index (κ2) is 8.65. The molecule has 0 bridgehead atoms. The SMILES string of the molecule is Cc1ccc2ccc3ccc(-c4ccc(-c5ccc6ccc7ccc(C)nc7c6n5)c5ccccc45)nc3c2n1. The Morgan fingerprint density at radius 3 is 1.12 bits per heavy atom. The van der Waals surface area contributed by atoms with Gasteiger partial charge in [0.25, 0.3) is 0 Å². The van der Waals surface area contributed by atoms with Crippen molar-refractivity contribution in [3.8, 4) is 22.5 Å². The molecular weight excluding hydrogens is 488 g/mol. The highest BCUT2D eigenvalue weighted by atomic mass is 14.8. The van der Waals surface area contributed by atoms with Crippen LogP contribution < -0.4 is 0 Å². The van der Waals surface area contributed by atoms with Crippen molar-refractivity contribution < 1.29 is 0 Å². The van der Waals surface area contributed by atoms with Crippen LogP contribution in [-0.2, 0) is 0 Å². The molecule has 4 nitrogen and oxygen atoms in total. The molecule has 0 unspecified atom stereocenters. The molecule has 0 fully saturated rings. The second-order valence-corrected chi connectivity index (χ2v) is 10.4. The van der Waals surface area contributed by atoms with Crippen molar-refractivity contribution in [3.05, 3.63) is 121 Å². The summed E-state index contributed by atoms with van der Waals surface area (Å²) >= 11 is 0. The first-order chi connectivity index (χ1) is 19.6. The summed E-state index contributed by atoms with van der Waals surface area (Å²) in [6.45, 7) is 4.05. The molecule has 8 rings (SSSR count). The predicted molar refractivity (Wildman–Crippen MR) is 165 cm³/mol. The van der Waals surface area contributed by atoms with Gasteiger partial charge in [-0.25, -0.2) is 9.97 Å². The van der Waals surface area contributed by atoms with E-state index in [1.807, 2.05) is 26.0 Å². The number of nitrogens with zero attached hydrogens (tertiary/aromatic N) is 4. The van der Waals surface area contributed by atoms with Crippen LogP contribution >= 0.6 is 0 Å². The summed E-state index contributed by atoms with van der Waals surface area (Å²) in [5.74, 6) is 0. The van der Waals surface area contributed by atoms with Gasteiger partial charge in [0.05, 0.1) is 33.5 Å². The number of rotatable bonds is 2. The van der Waals surface area contributed by atoms with Gasteiger partial charge in [0.1, 0.15) is 0 Å². The number of pyridine rings is 4. The summed E-state index contributed by atoms with van der Waals surface area (Å²) < 4.78 is 0. The highest BCUT2D eigenvalue weighted by Gasteiger charge is 2.14. The third-order valence-corrected chi connectivity index (χ3v) is 7.79. The molecule has 0 aliphatic heterocycles. The van der Waals surface area contributed by atoms with Crippen LogP contribution in [0.1, 0.15) is 11.4 Å². The monoisotopic (exact) mass is 512 g/mol. The number of hydrogen-bond acceptors (Lipinski definition) is 4. The molecule has 40 heavy (non-hydrogen) atoms. The Bertz CT molecular complexity index is 2140. The summed E-state index contributed by atoms with van der Waals surface area (Å²) in [6, 6.07) is 38.2. The molecule has 4 heteroatoms. The molecular formula is C36H24N4. The van der Waals surface area contributed by atoms with E-state index in [1.54, 1.807) is 0 Å². The second-order valence-electron chi connectivity index (χ2n) is 10.4. The molecule has 0 amide bonds. The third-order valence-electron chi connectivity index (χ3n) is 7.79. The Hall–Kier alpha value is -5.22. The Balaban J connectivity index is 1.34. The van der Waals surface area contributed by atoms with E-state index in [9.17, 15) is 0 Å². The Morgan fingerprint density at radius 1 is 0.350 bits per heavy atom. The van der Waals surface area contributed by atoms with E-state index in [0.717, 1.165) is 88.3 Å². The van der Waals surface area contributed by atoms with E-state index in [2.05, 4.69) is 97.1 Å². The first kappa shape index (κ1) is 22.7. The smallest absolute Gasteiger partial charge is 0.0972 e. The zero-order valence-electron chi connectivity index (χ0n) is 22.2. The van der Waals surface area contributed by atoms with Gasteiger partial charge in [0, 0.05) is 44.1 Å². The molecule has 4 aromatic heterocycles. The Labute approximate surface area is 231 Å². The van der Waals surface area contributed by atoms with E-state index in [0.29, 0.717) is 0 Å². The topological polar surface area (TPSA) is 51.6 Å². The van der Waals surface area contributed by atoms with E-state index in [4.69, 9.17) is 19.9 Å². The van der Waals surface area contributed by atoms with Crippen molar-refractivity contribution >= 4 is 54.4 Å². The first-order valence-electron chi connectivity index (χ1n) is 13.5. The van der Waals surface area contributed by atoms with Crippen LogP contribution in [0.4, 0.5) is 0 Å². The lowest BCUT2D eigenvalue weighted by Crippen LogP contribution is -1.93. The van der Waals surface area contributed by atoms with Crippen LogP contribution in [0.5, 0.6) is 0 Å². The van der Waals surface area contributed by atoms with Crippen LogP contribution in [-0.4, -0.2) is 19.9 Å². The highest BCUT2D eigenvalue weighted by Crippen LogP contribution is 2.36. The quantitative estimate of drug-likeness (QED) is 0.217. The summed E-state index contributed by atoms with van der Waals surface area (Å²) in [7, 11) is 0. The van der Waals surface area contributed by atoms with Crippen molar-refractivity contribution in [1.29, 1.82) is 0 Å². The third kappa shape index (κ3) is 3.53. The molecule has 0 spiro atoms. The maximum Gasteiger partial charge on any atom is 0.0972 e. The lowest BCUT2D eigenvalue weighted by Gasteiger charge is -2.13. The number of hydrogen-bond donors (Lipinski definition) is 0. The number of aryl methyl sites for hydroxylation is 2. The maximum absolute atomic E-state index is 5.16. The lowest BCUT2D eigenvalue weighted by atomic mass is 9.95. The van der Waals surface area contributed by atoms with Gasteiger partial charge in [-0.05, 0) is 48.9 Å². The lowest BCUT2D eigenvalue weighted by molar-refractivity contribution is 1.25. The Morgan fingerprint density at radius 2 is 0.700 bits per heavy atom. The molecule has 0 saturated carbocycles. The van der Waals surface area contributed by atoms with E-state index >= 15 is 0 Å². The molecule has 4 heterocycles. The van der Waals surface area contributed by atoms with Crippen LogP contribution in [0.3, 0.4) is 0 Å². The van der Waals surface area contributed by atoms with Crippen molar-refractivity contribution in [3.63, 3.8) is 0 Å². The summed E-state index contributed by atoms with van der Waals surface area (Å²) in [4.78, 5) is 20.0. The van der Waals surface area contributed by atoms with Gasteiger partial charge in [0.2, 0.25) is 0 Å². The molecule has 0 aliphatic carbocycles. The minimum Gasteiger partial charge on any atom is -0.251 e. The van der Waals surface area contributed by atoms with Crippen molar-refractivity contribution in [2.24, 2.45) is 0 Å². The maximum atomic E-state index is 5.16. The molecule has 188 valence electrons. The van der Waals surface area contributed by atoms with Crippen LogP contribution in [0.2, 0.25) is 0 Å². The zero-order valence-corrected chi connectivity index (χ0v) is 22.2. The van der Waals surface area contributed by atoms with Gasteiger partial charge >= 0.3 is 0 Å². The van der Waals surface area contributed by atoms with Crippen molar-refractivity contribution in [2.45, 2.75) is 13.8 Å².